The fourth-order valence-electron chi connectivity index (χ4n) is 1.94. The third-order valence-electron chi connectivity index (χ3n) is 3.12. The molecule has 98 valence electrons. The van der Waals surface area contributed by atoms with Crippen LogP contribution in [0.15, 0.2) is 24.3 Å². The van der Waals surface area contributed by atoms with E-state index >= 15 is 0 Å². The average Bonchev–Trinajstić information content (AvgIpc) is 3.21. The molecule has 1 aromatic carbocycles. The summed E-state index contributed by atoms with van der Waals surface area (Å²) in [5.74, 6) is 1.18. The van der Waals surface area contributed by atoms with Gasteiger partial charge in [0, 0.05) is 12.6 Å². The first-order chi connectivity index (χ1) is 8.74. The fraction of sp³-hybridized carbons (Fsp3) is 0.462. The van der Waals surface area contributed by atoms with Gasteiger partial charge in [-0.1, -0.05) is 12.1 Å². The van der Waals surface area contributed by atoms with E-state index in [9.17, 15) is 4.79 Å². The van der Waals surface area contributed by atoms with Crippen LogP contribution in [0.4, 0.5) is 10.5 Å². The molecule has 0 aliphatic heterocycles. The molecule has 0 aromatic heterocycles. The lowest BCUT2D eigenvalue weighted by molar-refractivity contribution is 0.247. The smallest absolute Gasteiger partial charge is 0.319 e. The summed E-state index contributed by atoms with van der Waals surface area (Å²) in [6.45, 7) is 0.476. The van der Waals surface area contributed by atoms with Crippen molar-refractivity contribution in [1.29, 1.82) is 0 Å². The van der Waals surface area contributed by atoms with Crippen LogP contribution in [0.5, 0.6) is 5.75 Å². The van der Waals surface area contributed by atoms with E-state index in [1.165, 1.54) is 0 Å². The quantitative estimate of drug-likeness (QED) is 0.741. The maximum atomic E-state index is 11.8. The molecule has 18 heavy (non-hydrogen) atoms. The van der Waals surface area contributed by atoms with Crippen LogP contribution in [0.3, 0.4) is 0 Å². The first-order valence-electron chi connectivity index (χ1n) is 6.15. The van der Waals surface area contributed by atoms with Crippen LogP contribution >= 0.6 is 0 Å². The number of para-hydroxylation sites is 2. The minimum Gasteiger partial charge on any atom is -0.495 e. The Kier molecular flexibility index (Phi) is 4.04. The summed E-state index contributed by atoms with van der Waals surface area (Å²) in [6, 6.07) is 7.14. The van der Waals surface area contributed by atoms with Gasteiger partial charge in [-0.3, -0.25) is 0 Å². The lowest BCUT2D eigenvalue weighted by Crippen LogP contribution is -2.43. The van der Waals surface area contributed by atoms with E-state index in [1.807, 2.05) is 12.1 Å². The molecule has 1 atom stereocenters. The summed E-state index contributed by atoms with van der Waals surface area (Å²) in [4.78, 5) is 11.8. The second kappa shape index (κ2) is 5.73. The van der Waals surface area contributed by atoms with Crippen molar-refractivity contribution in [2.45, 2.75) is 18.9 Å². The van der Waals surface area contributed by atoms with Crippen molar-refractivity contribution in [2.75, 3.05) is 19.0 Å². The molecule has 1 aromatic rings. The Balaban J connectivity index is 1.93. The maximum Gasteiger partial charge on any atom is 0.319 e. The van der Waals surface area contributed by atoms with Crippen LogP contribution in [-0.4, -0.2) is 25.7 Å². The molecule has 0 saturated heterocycles. The van der Waals surface area contributed by atoms with Gasteiger partial charge >= 0.3 is 6.03 Å². The number of amides is 2. The number of hydrogen-bond acceptors (Lipinski definition) is 3. The van der Waals surface area contributed by atoms with Crippen molar-refractivity contribution in [1.82, 2.24) is 5.32 Å². The Morgan fingerprint density at radius 1 is 1.50 bits per heavy atom. The van der Waals surface area contributed by atoms with Crippen molar-refractivity contribution in [3.05, 3.63) is 24.3 Å². The molecule has 1 aliphatic rings. The monoisotopic (exact) mass is 249 g/mol. The molecule has 2 rings (SSSR count). The third-order valence-corrected chi connectivity index (χ3v) is 3.12. The normalized spacial score (nSPS) is 15.9. The average molecular weight is 249 g/mol. The molecule has 0 bridgehead atoms. The van der Waals surface area contributed by atoms with Crippen LogP contribution < -0.4 is 21.1 Å². The van der Waals surface area contributed by atoms with Gasteiger partial charge in [0.15, 0.2) is 0 Å². The van der Waals surface area contributed by atoms with Crippen LogP contribution in [0.25, 0.3) is 0 Å². The van der Waals surface area contributed by atoms with E-state index in [0.29, 0.717) is 23.9 Å². The van der Waals surface area contributed by atoms with Gasteiger partial charge in [0.2, 0.25) is 0 Å². The molecule has 5 nitrogen and oxygen atoms in total. The molecule has 2 amide bonds. The molecule has 0 radical (unpaired) electrons. The molecule has 1 saturated carbocycles. The standard InChI is InChI=1S/C13H19N3O2/c1-18-12-5-3-2-4-10(12)15-13(17)16-11(8-14)9-6-7-9/h2-5,9,11H,6-8,14H2,1H3,(H2,15,16,17). The van der Waals surface area contributed by atoms with E-state index < -0.39 is 0 Å². The zero-order chi connectivity index (χ0) is 13.0. The second-order valence-electron chi connectivity index (χ2n) is 4.48. The van der Waals surface area contributed by atoms with Crippen molar-refractivity contribution in [3.63, 3.8) is 0 Å². The van der Waals surface area contributed by atoms with Gasteiger partial charge in [-0.25, -0.2) is 4.79 Å². The first-order valence-corrected chi connectivity index (χ1v) is 6.15. The van der Waals surface area contributed by atoms with Gasteiger partial charge < -0.3 is 21.1 Å². The van der Waals surface area contributed by atoms with Crippen LogP contribution in [0, 0.1) is 5.92 Å². The van der Waals surface area contributed by atoms with Crippen molar-refractivity contribution < 1.29 is 9.53 Å². The highest BCUT2D eigenvalue weighted by Crippen LogP contribution is 2.32. The van der Waals surface area contributed by atoms with E-state index in [0.717, 1.165) is 12.8 Å². The number of methoxy groups -OCH3 is 1. The van der Waals surface area contributed by atoms with Gasteiger partial charge in [-0.2, -0.15) is 0 Å². The lowest BCUT2D eigenvalue weighted by atomic mass is 10.2. The molecule has 5 heteroatoms. The number of urea groups is 1. The summed E-state index contributed by atoms with van der Waals surface area (Å²) in [5.41, 5.74) is 6.30. The van der Waals surface area contributed by atoms with E-state index in [-0.39, 0.29) is 12.1 Å². The second-order valence-corrected chi connectivity index (χ2v) is 4.48. The molecular formula is C13H19N3O2. The van der Waals surface area contributed by atoms with Gasteiger partial charge in [0.1, 0.15) is 5.75 Å². The fourth-order valence-corrected chi connectivity index (χ4v) is 1.94. The number of anilines is 1. The van der Waals surface area contributed by atoms with E-state index in [4.69, 9.17) is 10.5 Å². The molecule has 4 N–H and O–H groups in total. The molecule has 1 aliphatic carbocycles. The van der Waals surface area contributed by atoms with Gasteiger partial charge in [-0.15, -0.1) is 0 Å². The highest BCUT2D eigenvalue weighted by atomic mass is 16.5. The first kappa shape index (κ1) is 12.7. The Hall–Kier alpha value is -1.75. The highest BCUT2D eigenvalue weighted by Gasteiger charge is 2.31. The number of ether oxygens (including phenoxy) is 1. The van der Waals surface area contributed by atoms with Crippen LogP contribution in [-0.2, 0) is 0 Å². The van der Waals surface area contributed by atoms with Crippen molar-refractivity contribution in [3.8, 4) is 5.75 Å². The predicted octanol–water partition coefficient (Wildman–Crippen LogP) is 1.55. The Labute approximate surface area is 107 Å². The van der Waals surface area contributed by atoms with Gasteiger partial charge in [0.05, 0.1) is 12.8 Å². The lowest BCUT2D eigenvalue weighted by Gasteiger charge is -2.17. The minimum absolute atomic E-state index is 0.0692. The third kappa shape index (κ3) is 3.13. The molecule has 0 spiro atoms. The van der Waals surface area contributed by atoms with Gasteiger partial charge in [-0.05, 0) is 30.9 Å². The van der Waals surface area contributed by atoms with E-state index in [2.05, 4.69) is 10.6 Å². The highest BCUT2D eigenvalue weighted by molar-refractivity contribution is 5.91. The topological polar surface area (TPSA) is 76.4 Å². The van der Waals surface area contributed by atoms with Crippen LogP contribution in [0.1, 0.15) is 12.8 Å². The summed E-state index contributed by atoms with van der Waals surface area (Å²) in [5, 5.41) is 5.68. The number of nitrogens with one attached hydrogen (secondary N) is 2. The molecule has 0 heterocycles. The maximum absolute atomic E-state index is 11.8. The zero-order valence-electron chi connectivity index (χ0n) is 10.5. The van der Waals surface area contributed by atoms with Gasteiger partial charge in [0.25, 0.3) is 0 Å². The summed E-state index contributed by atoms with van der Waals surface area (Å²) in [7, 11) is 1.57. The summed E-state index contributed by atoms with van der Waals surface area (Å²) < 4.78 is 5.17. The number of benzene rings is 1. The number of carbonyl (C=O) groups excluding carboxylic acids is 1. The zero-order valence-corrected chi connectivity index (χ0v) is 10.5. The molecular weight excluding hydrogens is 230 g/mol. The number of carbonyl (C=O) groups is 1. The number of hydrogen-bond donors (Lipinski definition) is 3. The number of nitrogens with two attached hydrogens (primary N) is 1. The van der Waals surface area contributed by atoms with E-state index in [1.54, 1.807) is 19.2 Å². The largest absolute Gasteiger partial charge is 0.495 e. The summed E-state index contributed by atoms with van der Waals surface area (Å²) >= 11 is 0. The summed E-state index contributed by atoms with van der Waals surface area (Å²) in [6.07, 6.45) is 2.30. The predicted molar refractivity (Wildman–Crippen MR) is 70.7 cm³/mol. The molecule has 1 fully saturated rings. The number of rotatable bonds is 5. The minimum atomic E-state index is -0.234. The van der Waals surface area contributed by atoms with Crippen LogP contribution in [0.2, 0.25) is 0 Å². The Bertz CT molecular complexity index is 418. The Morgan fingerprint density at radius 2 is 2.22 bits per heavy atom. The molecule has 1 unspecified atom stereocenters. The van der Waals surface area contributed by atoms with Crippen molar-refractivity contribution in [2.24, 2.45) is 11.7 Å². The van der Waals surface area contributed by atoms with Crippen molar-refractivity contribution >= 4 is 11.7 Å². The Morgan fingerprint density at radius 3 is 2.83 bits per heavy atom. The SMILES string of the molecule is COc1ccccc1NC(=O)NC(CN)C1CC1.